The molecular weight excluding hydrogens is 382 g/mol. The number of anilines is 1. The first-order chi connectivity index (χ1) is 13.5. The van der Waals surface area contributed by atoms with E-state index in [9.17, 15) is 19.5 Å². The second-order valence-electron chi connectivity index (χ2n) is 7.55. The summed E-state index contributed by atoms with van der Waals surface area (Å²) in [4.78, 5) is 37.5. The maximum atomic E-state index is 12.6. The maximum absolute atomic E-state index is 12.6. The summed E-state index contributed by atoms with van der Waals surface area (Å²) in [6.45, 7) is 6.65. The molecule has 0 saturated carbocycles. The number of aliphatic hydroxyl groups is 1. The second-order valence-corrected chi connectivity index (χ2v) is 7.55. The predicted molar refractivity (Wildman–Crippen MR) is 102 cm³/mol. The molecule has 29 heavy (non-hydrogen) atoms. The van der Waals surface area contributed by atoms with Crippen LogP contribution in [0.2, 0.25) is 0 Å². The molecule has 9 heteroatoms. The Balaban J connectivity index is 2.29. The molecule has 9 nitrogen and oxygen atoms in total. The number of methoxy groups -OCH3 is 1. The van der Waals surface area contributed by atoms with E-state index in [1.165, 1.54) is 7.11 Å². The summed E-state index contributed by atoms with van der Waals surface area (Å²) in [5, 5.41) is 10.9. The lowest BCUT2D eigenvalue weighted by molar-refractivity contribution is -0.195. The van der Waals surface area contributed by atoms with Gasteiger partial charge in [-0.1, -0.05) is 6.07 Å². The van der Waals surface area contributed by atoms with Gasteiger partial charge in [-0.15, -0.1) is 0 Å². The van der Waals surface area contributed by atoms with Crippen LogP contribution in [0.1, 0.15) is 38.1 Å². The molecule has 0 aliphatic carbocycles. The smallest absolute Gasteiger partial charge is 0.350 e. The van der Waals surface area contributed by atoms with Crippen molar-refractivity contribution < 1.29 is 38.4 Å². The average Bonchev–Trinajstić information content (AvgIpc) is 2.64. The average molecular weight is 409 g/mol. The third-order valence-corrected chi connectivity index (χ3v) is 4.08. The zero-order chi connectivity index (χ0) is 21.8. The van der Waals surface area contributed by atoms with Crippen molar-refractivity contribution in [2.45, 2.75) is 51.7 Å². The summed E-state index contributed by atoms with van der Waals surface area (Å²) >= 11 is 0. The van der Waals surface area contributed by atoms with E-state index in [2.05, 4.69) is 0 Å². The summed E-state index contributed by atoms with van der Waals surface area (Å²) in [7, 11) is 1.28. The Morgan fingerprint density at radius 1 is 1.28 bits per heavy atom. The summed E-state index contributed by atoms with van der Waals surface area (Å²) < 4.78 is 20.8. The van der Waals surface area contributed by atoms with E-state index in [1.807, 2.05) is 0 Å². The number of ether oxygens (including phenoxy) is 4. The summed E-state index contributed by atoms with van der Waals surface area (Å²) in [6.07, 6.45) is -3.95. The Kier molecular flexibility index (Phi) is 7.21. The lowest BCUT2D eigenvalue weighted by atomic mass is 10.1. The van der Waals surface area contributed by atoms with Crippen LogP contribution in [0, 0.1) is 0 Å². The van der Waals surface area contributed by atoms with E-state index in [4.69, 9.17) is 18.9 Å². The van der Waals surface area contributed by atoms with Gasteiger partial charge in [-0.2, -0.15) is 0 Å². The van der Waals surface area contributed by atoms with E-state index in [1.54, 1.807) is 49.9 Å². The number of esters is 3. The van der Waals surface area contributed by atoms with Gasteiger partial charge in [-0.25, -0.2) is 9.59 Å². The highest BCUT2D eigenvalue weighted by atomic mass is 16.6. The minimum atomic E-state index is -1.45. The van der Waals surface area contributed by atoms with Gasteiger partial charge >= 0.3 is 17.9 Å². The Bertz CT molecular complexity index is 757. The third kappa shape index (κ3) is 5.91. The van der Waals surface area contributed by atoms with Crippen molar-refractivity contribution in [3.63, 3.8) is 0 Å². The summed E-state index contributed by atoms with van der Waals surface area (Å²) in [5.41, 5.74) is 0.0206. The first kappa shape index (κ1) is 22.6. The highest BCUT2D eigenvalue weighted by Crippen LogP contribution is 2.26. The van der Waals surface area contributed by atoms with Gasteiger partial charge in [0.05, 0.1) is 19.3 Å². The highest BCUT2D eigenvalue weighted by Gasteiger charge is 2.44. The van der Waals surface area contributed by atoms with Gasteiger partial charge in [-0.05, 0) is 39.0 Å². The van der Waals surface area contributed by atoms with Crippen LogP contribution in [-0.2, 0) is 28.5 Å². The van der Waals surface area contributed by atoms with Crippen LogP contribution in [0.15, 0.2) is 24.3 Å². The molecule has 2 rings (SSSR count). The molecule has 0 amide bonds. The minimum Gasteiger partial charge on any atom is -0.465 e. The molecule has 1 aliphatic rings. The molecule has 1 aromatic carbocycles. The number of rotatable bonds is 5. The Morgan fingerprint density at radius 3 is 2.55 bits per heavy atom. The first-order valence-corrected chi connectivity index (χ1v) is 9.18. The Morgan fingerprint density at radius 2 is 1.97 bits per heavy atom. The lowest BCUT2D eigenvalue weighted by Gasteiger charge is -2.41. The van der Waals surface area contributed by atoms with E-state index in [0.29, 0.717) is 17.8 Å². The SMILES string of the molecule is COC(=O)c1cccc(N2CCOC(C(OC(C)=O)C(=O)OC(C)(C)C)C2O)c1. The van der Waals surface area contributed by atoms with Gasteiger partial charge in [0.1, 0.15) is 11.7 Å². The fourth-order valence-corrected chi connectivity index (χ4v) is 2.93. The van der Waals surface area contributed by atoms with Gasteiger partial charge in [0.25, 0.3) is 0 Å². The summed E-state index contributed by atoms with van der Waals surface area (Å²) in [5.74, 6) is -2.04. The fraction of sp³-hybridized carbons (Fsp3) is 0.550. The van der Waals surface area contributed by atoms with Crippen LogP contribution in [0.3, 0.4) is 0 Å². The van der Waals surface area contributed by atoms with Crippen LogP contribution >= 0.6 is 0 Å². The van der Waals surface area contributed by atoms with Crippen LogP contribution < -0.4 is 4.90 Å². The summed E-state index contributed by atoms with van der Waals surface area (Å²) in [6, 6.07) is 6.50. The highest BCUT2D eigenvalue weighted by molar-refractivity contribution is 5.90. The molecule has 160 valence electrons. The number of nitrogens with zero attached hydrogens (tertiary/aromatic N) is 1. The zero-order valence-electron chi connectivity index (χ0n) is 17.2. The van der Waals surface area contributed by atoms with E-state index in [0.717, 1.165) is 6.92 Å². The molecular formula is C20H27NO8. The molecule has 0 bridgehead atoms. The number of benzene rings is 1. The van der Waals surface area contributed by atoms with Crippen LogP contribution in [0.5, 0.6) is 0 Å². The number of carbonyl (C=O) groups excluding carboxylic acids is 3. The standard InChI is InChI=1S/C20H27NO8/c1-12(22)28-16(19(25)29-20(2,3)4)15-17(23)21(9-10-27-15)14-8-6-7-13(11-14)18(24)26-5/h6-8,11,15-17,23H,9-10H2,1-5H3. The van der Waals surface area contributed by atoms with Gasteiger partial charge in [-0.3, -0.25) is 4.79 Å². The van der Waals surface area contributed by atoms with Gasteiger partial charge in [0.15, 0.2) is 6.23 Å². The first-order valence-electron chi connectivity index (χ1n) is 9.18. The largest absolute Gasteiger partial charge is 0.465 e. The van der Waals surface area contributed by atoms with Crippen molar-refractivity contribution in [3.05, 3.63) is 29.8 Å². The lowest BCUT2D eigenvalue weighted by Crippen LogP contribution is -2.59. The number of hydrogen-bond acceptors (Lipinski definition) is 9. The molecule has 1 fully saturated rings. The van der Waals surface area contributed by atoms with Crippen molar-refractivity contribution in [2.75, 3.05) is 25.2 Å². The zero-order valence-corrected chi connectivity index (χ0v) is 17.2. The molecule has 0 aromatic heterocycles. The van der Waals surface area contributed by atoms with Crippen LogP contribution in [0.25, 0.3) is 0 Å². The van der Waals surface area contributed by atoms with Crippen molar-refractivity contribution in [1.29, 1.82) is 0 Å². The Hall–Kier alpha value is -2.65. The number of hydrogen-bond donors (Lipinski definition) is 1. The number of morpholine rings is 1. The van der Waals surface area contributed by atoms with Crippen molar-refractivity contribution >= 4 is 23.6 Å². The molecule has 0 spiro atoms. The fourth-order valence-electron chi connectivity index (χ4n) is 2.93. The monoisotopic (exact) mass is 409 g/mol. The second kappa shape index (κ2) is 9.23. The van der Waals surface area contributed by atoms with Crippen LogP contribution in [-0.4, -0.2) is 67.3 Å². The van der Waals surface area contributed by atoms with Gasteiger partial charge in [0, 0.05) is 19.2 Å². The van der Waals surface area contributed by atoms with Crippen molar-refractivity contribution in [2.24, 2.45) is 0 Å². The topological polar surface area (TPSA) is 112 Å². The van der Waals surface area contributed by atoms with E-state index < -0.39 is 41.9 Å². The predicted octanol–water partition coefficient (Wildman–Crippen LogP) is 1.27. The molecule has 1 heterocycles. The quantitative estimate of drug-likeness (QED) is 0.567. The van der Waals surface area contributed by atoms with Crippen molar-refractivity contribution in [3.8, 4) is 0 Å². The van der Waals surface area contributed by atoms with Crippen LogP contribution in [0.4, 0.5) is 5.69 Å². The minimum absolute atomic E-state index is 0.157. The normalized spacial score (nSPS) is 20.6. The molecule has 1 aliphatic heterocycles. The number of aliphatic hydroxyl groups excluding tert-OH is 1. The molecule has 3 atom stereocenters. The van der Waals surface area contributed by atoms with Crippen molar-refractivity contribution in [1.82, 2.24) is 0 Å². The Labute approximate surface area is 169 Å². The number of carbonyl (C=O) groups is 3. The third-order valence-electron chi connectivity index (χ3n) is 4.08. The molecule has 1 N–H and O–H groups in total. The van der Waals surface area contributed by atoms with Gasteiger partial charge < -0.3 is 29.0 Å². The molecule has 1 aromatic rings. The van der Waals surface area contributed by atoms with Gasteiger partial charge in [0.2, 0.25) is 6.10 Å². The van der Waals surface area contributed by atoms with E-state index in [-0.39, 0.29) is 6.61 Å². The maximum Gasteiger partial charge on any atom is 0.350 e. The molecule has 3 unspecified atom stereocenters. The van der Waals surface area contributed by atoms with E-state index >= 15 is 0 Å². The molecule has 0 radical (unpaired) electrons. The molecule has 1 saturated heterocycles.